The predicted molar refractivity (Wildman–Crippen MR) is 312 cm³/mol. The number of anilines is 3. The summed E-state index contributed by atoms with van der Waals surface area (Å²) >= 11 is 0. The third kappa shape index (κ3) is 4.93. The molecular weight excluding hydrogens is 947 g/mol. The van der Waals surface area contributed by atoms with Crippen molar-refractivity contribution < 1.29 is 9.47 Å². The molecule has 3 nitrogen and oxygen atoms in total. The van der Waals surface area contributed by atoms with Gasteiger partial charge in [0, 0.05) is 39.1 Å². The minimum atomic E-state index is -0.662. The first-order valence-corrected chi connectivity index (χ1v) is 27.2. The molecule has 0 saturated heterocycles. The number of hydrogen-bond donors (Lipinski definition) is 0. The zero-order chi connectivity index (χ0) is 50.9. The van der Waals surface area contributed by atoms with E-state index < -0.39 is 16.2 Å². The number of hydrogen-bond acceptors (Lipinski definition) is 3. The van der Waals surface area contributed by atoms with E-state index in [1.165, 1.54) is 89.0 Å². The van der Waals surface area contributed by atoms with Crippen LogP contribution in [0.5, 0.6) is 23.0 Å². The molecule has 12 aromatic carbocycles. The molecule has 78 heavy (non-hydrogen) atoms. The quantitative estimate of drug-likeness (QED) is 0.176. The van der Waals surface area contributed by atoms with E-state index in [-0.39, 0.29) is 0 Å². The van der Waals surface area contributed by atoms with Gasteiger partial charge in [-0.15, -0.1) is 0 Å². The Kier molecular flexibility index (Phi) is 8.20. The molecule has 0 bridgehead atoms. The van der Waals surface area contributed by atoms with E-state index in [1.54, 1.807) is 0 Å². The molecule has 0 atom stereocenters. The first-order valence-electron chi connectivity index (χ1n) is 27.2. The maximum absolute atomic E-state index is 6.84. The molecule has 0 amide bonds. The van der Waals surface area contributed by atoms with Crippen molar-refractivity contribution in [3.8, 4) is 67.5 Å². The summed E-state index contributed by atoms with van der Waals surface area (Å²) < 4.78 is 13.7. The lowest BCUT2D eigenvalue weighted by Gasteiger charge is -2.40. The summed E-state index contributed by atoms with van der Waals surface area (Å²) in [7, 11) is 0. The Morgan fingerprint density at radius 1 is 0.218 bits per heavy atom. The Morgan fingerprint density at radius 3 is 0.885 bits per heavy atom. The van der Waals surface area contributed by atoms with E-state index in [0.717, 1.165) is 62.3 Å². The molecule has 362 valence electrons. The Balaban J connectivity index is 0.982. The molecule has 0 unspecified atom stereocenters. The fourth-order valence-corrected chi connectivity index (χ4v) is 15.8. The van der Waals surface area contributed by atoms with Gasteiger partial charge in [0.25, 0.3) is 0 Å². The number of fused-ring (bicyclic) bond motifs is 28. The Hall–Kier alpha value is -9.96. The minimum absolute atomic E-state index is 0.545. The standard InChI is InChI=1S/C75H45NO2/c1-6-26-53-47(21-1)48-22-2-7-27-54(48)73(53)55-28-8-3-23-49(55)50-44-43-46(45-64(50)73)76(65-37-19-35-62-71(65)51-24-4-9-29-56(51)74(62)58-31-11-15-39-67(58)77-68-40-16-12-32-59(68)74)66-38-20-36-63-72(66)52-25-5-10-30-57(52)75(63)60-33-13-17-41-69(60)78-70-42-18-14-34-61(70)75/h1-45H. The van der Waals surface area contributed by atoms with Gasteiger partial charge >= 0.3 is 0 Å². The molecule has 2 heterocycles. The second-order valence-corrected chi connectivity index (χ2v) is 21.6. The van der Waals surface area contributed by atoms with Gasteiger partial charge in [0.1, 0.15) is 23.0 Å². The third-order valence-electron chi connectivity index (χ3n) is 18.4. The molecule has 0 saturated carbocycles. The average Bonchev–Trinajstić information content (AvgIpc) is 4.37. The van der Waals surface area contributed by atoms with Gasteiger partial charge in [-0.3, -0.25) is 0 Å². The second kappa shape index (κ2) is 15.1. The summed E-state index contributed by atoms with van der Waals surface area (Å²) in [6.45, 7) is 0. The van der Waals surface area contributed by atoms with E-state index in [4.69, 9.17) is 9.47 Å². The molecule has 2 aliphatic heterocycles. The van der Waals surface area contributed by atoms with Crippen LogP contribution in [0.4, 0.5) is 17.1 Å². The third-order valence-corrected chi connectivity index (χ3v) is 18.4. The van der Waals surface area contributed by atoms with Gasteiger partial charge in [0.05, 0.1) is 27.6 Å². The van der Waals surface area contributed by atoms with Crippen molar-refractivity contribution in [3.05, 3.63) is 340 Å². The fraction of sp³-hybridized carbons (Fsp3) is 0.0400. The van der Waals surface area contributed by atoms with Gasteiger partial charge in [-0.2, -0.15) is 0 Å². The molecule has 18 rings (SSSR count). The highest BCUT2D eigenvalue weighted by atomic mass is 16.5. The van der Waals surface area contributed by atoms with Crippen LogP contribution in [-0.2, 0) is 16.2 Å². The number of ether oxygens (including phenoxy) is 2. The Labute approximate surface area is 452 Å². The minimum Gasteiger partial charge on any atom is -0.457 e. The fourth-order valence-electron chi connectivity index (χ4n) is 15.8. The first kappa shape index (κ1) is 42.3. The largest absolute Gasteiger partial charge is 0.457 e. The Bertz CT molecular complexity index is 4270. The highest BCUT2D eigenvalue weighted by molar-refractivity contribution is 6.04. The van der Waals surface area contributed by atoms with Crippen molar-refractivity contribution in [1.82, 2.24) is 0 Å². The number of para-hydroxylation sites is 4. The van der Waals surface area contributed by atoms with E-state index in [2.05, 4.69) is 278 Å². The molecule has 4 aliphatic carbocycles. The highest BCUT2D eigenvalue weighted by Crippen LogP contribution is 2.69. The van der Waals surface area contributed by atoms with Crippen LogP contribution in [0.15, 0.2) is 273 Å². The molecule has 0 aromatic heterocycles. The van der Waals surface area contributed by atoms with Crippen molar-refractivity contribution in [2.45, 2.75) is 16.2 Å². The lowest BCUT2D eigenvalue weighted by atomic mass is 9.66. The molecule has 0 N–H and O–H groups in total. The molecule has 0 radical (unpaired) electrons. The maximum Gasteiger partial charge on any atom is 0.132 e. The zero-order valence-corrected chi connectivity index (χ0v) is 42.2. The molecule has 12 aromatic rings. The first-order chi connectivity index (χ1) is 38.7. The summed E-state index contributed by atoms with van der Waals surface area (Å²) in [5.74, 6) is 3.51. The maximum atomic E-state index is 6.84. The molecule has 0 fully saturated rings. The van der Waals surface area contributed by atoms with Crippen molar-refractivity contribution >= 4 is 17.1 Å². The van der Waals surface area contributed by atoms with Crippen LogP contribution in [0.1, 0.15) is 66.8 Å². The number of nitrogens with zero attached hydrogens (tertiary/aromatic N) is 1. The second-order valence-electron chi connectivity index (χ2n) is 21.6. The molecule has 3 heteroatoms. The van der Waals surface area contributed by atoms with Gasteiger partial charge in [0.2, 0.25) is 0 Å². The van der Waals surface area contributed by atoms with Gasteiger partial charge < -0.3 is 14.4 Å². The van der Waals surface area contributed by atoms with Crippen LogP contribution < -0.4 is 14.4 Å². The van der Waals surface area contributed by atoms with Crippen molar-refractivity contribution in [2.75, 3.05) is 4.90 Å². The molecular formula is C75H45NO2. The van der Waals surface area contributed by atoms with Crippen LogP contribution in [0.3, 0.4) is 0 Å². The summed E-state index contributed by atoms with van der Waals surface area (Å²) in [5.41, 5.74) is 26.1. The SMILES string of the molecule is c1ccc2c(c1)Oc1ccccc1C21c2ccccc2-c2c(N(c3ccc4c(c3)C3(c5ccccc5-c5ccccc53)c3ccccc3-4)c3cccc4c3-c3ccccc3C43c4ccccc4Oc4ccccc43)cccc21. The van der Waals surface area contributed by atoms with Gasteiger partial charge in [-0.05, 0) is 126 Å². The van der Waals surface area contributed by atoms with Crippen LogP contribution in [0.25, 0.3) is 44.5 Å². The number of rotatable bonds is 3. The highest BCUT2D eigenvalue weighted by Gasteiger charge is 2.56. The Morgan fingerprint density at radius 2 is 0.500 bits per heavy atom. The average molecular weight is 992 g/mol. The van der Waals surface area contributed by atoms with Crippen molar-refractivity contribution in [1.29, 1.82) is 0 Å². The summed E-state index contributed by atoms with van der Waals surface area (Å²) in [4.78, 5) is 2.63. The lowest BCUT2D eigenvalue weighted by Crippen LogP contribution is -2.32. The monoisotopic (exact) mass is 991 g/mol. The normalized spacial score (nSPS) is 15.2. The van der Waals surface area contributed by atoms with Crippen LogP contribution in [0, 0.1) is 0 Å². The van der Waals surface area contributed by atoms with E-state index in [0.29, 0.717) is 0 Å². The van der Waals surface area contributed by atoms with Crippen LogP contribution in [0.2, 0.25) is 0 Å². The lowest BCUT2D eigenvalue weighted by molar-refractivity contribution is 0.436. The summed E-state index contributed by atoms with van der Waals surface area (Å²) in [5, 5.41) is 0. The van der Waals surface area contributed by atoms with Crippen LogP contribution in [-0.4, -0.2) is 0 Å². The summed E-state index contributed by atoms with van der Waals surface area (Å²) in [6.07, 6.45) is 0. The van der Waals surface area contributed by atoms with Crippen molar-refractivity contribution in [3.63, 3.8) is 0 Å². The smallest absolute Gasteiger partial charge is 0.132 e. The molecule has 3 spiro atoms. The molecule has 6 aliphatic rings. The van der Waals surface area contributed by atoms with E-state index >= 15 is 0 Å². The van der Waals surface area contributed by atoms with E-state index in [9.17, 15) is 0 Å². The van der Waals surface area contributed by atoms with E-state index in [1.807, 2.05) is 0 Å². The zero-order valence-electron chi connectivity index (χ0n) is 42.2. The summed E-state index contributed by atoms with van der Waals surface area (Å²) in [6, 6.07) is 102. The van der Waals surface area contributed by atoms with Gasteiger partial charge in [-0.25, -0.2) is 0 Å². The number of benzene rings is 12. The van der Waals surface area contributed by atoms with Gasteiger partial charge in [-0.1, -0.05) is 224 Å². The van der Waals surface area contributed by atoms with Crippen molar-refractivity contribution in [2.24, 2.45) is 0 Å². The topological polar surface area (TPSA) is 21.7 Å². The van der Waals surface area contributed by atoms with Gasteiger partial charge in [0.15, 0.2) is 0 Å². The van der Waals surface area contributed by atoms with Crippen LogP contribution >= 0.6 is 0 Å². The predicted octanol–water partition coefficient (Wildman–Crippen LogP) is 18.4.